The summed E-state index contributed by atoms with van der Waals surface area (Å²) in [7, 11) is 3.09. The number of methoxy groups -OCH3 is 1. The Bertz CT molecular complexity index is 650. The molecule has 2 aromatic rings. The molecule has 1 saturated heterocycles. The van der Waals surface area contributed by atoms with Crippen LogP contribution in [0.2, 0.25) is 0 Å². The SMILES string of the molecule is COCOC(c1ccc(SOOC)o1)C1CCN(Cc2ccccc2)C1. The van der Waals surface area contributed by atoms with Crippen molar-refractivity contribution in [1.29, 1.82) is 0 Å². The lowest BCUT2D eigenvalue weighted by Crippen LogP contribution is -2.23. The van der Waals surface area contributed by atoms with E-state index in [2.05, 4.69) is 34.1 Å². The van der Waals surface area contributed by atoms with Gasteiger partial charge in [0, 0.05) is 26.1 Å². The molecule has 1 aliphatic rings. The minimum atomic E-state index is -0.146. The van der Waals surface area contributed by atoms with E-state index < -0.39 is 0 Å². The summed E-state index contributed by atoms with van der Waals surface area (Å²) >= 11 is 1.04. The number of benzene rings is 1. The van der Waals surface area contributed by atoms with Crippen LogP contribution in [-0.2, 0) is 25.2 Å². The van der Waals surface area contributed by atoms with E-state index in [4.69, 9.17) is 18.2 Å². The second kappa shape index (κ2) is 10.1. The molecule has 1 aromatic carbocycles. The predicted octanol–water partition coefficient (Wildman–Crippen LogP) is 4.05. The maximum Gasteiger partial charge on any atom is 0.190 e. The van der Waals surface area contributed by atoms with Gasteiger partial charge in [0.15, 0.2) is 5.09 Å². The Hall–Kier alpha value is -1.35. The van der Waals surface area contributed by atoms with Crippen LogP contribution >= 0.6 is 12.0 Å². The number of furan rings is 1. The van der Waals surface area contributed by atoms with Gasteiger partial charge >= 0.3 is 0 Å². The molecule has 3 rings (SSSR count). The molecule has 0 radical (unpaired) electrons. The fourth-order valence-corrected chi connectivity index (χ4v) is 3.68. The van der Waals surface area contributed by atoms with Gasteiger partial charge < -0.3 is 13.9 Å². The molecule has 0 spiro atoms. The number of hydrogen-bond acceptors (Lipinski definition) is 7. The molecule has 0 aliphatic carbocycles. The molecule has 6 nitrogen and oxygen atoms in total. The Balaban J connectivity index is 1.63. The summed E-state index contributed by atoms with van der Waals surface area (Å²) < 4.78 is 21.8. The zero-order valence-corrected chi connectivity index (χ0v) is 15.9. The molecule has 7 heteroatoms. The van der Waals surface area contributed by atoms with Crippen molar-refractivity contribution in [2.75, 3.05) is 34.1 Å². The normalized spacial score (nSPS) is 19.1. The standard InChI is InChI=1S/C19H25NO5S/c1-21-14-23-19(17-8-9-18(24-17)26-25-22-2)16-10-11-20(13-16)12-15-6-4-3-5-7-15/h3-9,16,19H,10-14H2,1-2H3. The van der Waals surface area contributed by atoms with Gasteiger partial charge in [-0.1, -0.05) is 30.3 Å². The van der Waals surface area contributed by atoms with E-state index in [0.29, 0.717) is 11.0 Å². The number of ether oxygens (including phenoxy) is 2. The van der Waals surface area contributed by atoms with Gasteiger partial charge in [-0.15, -0.1) is 0 Å². The summed E-state index contributed by atoms with van der Waals surface area (Å²) in [6, 6.07) is 14.3. The quantitative estimate of drug-likeness (QED) is 0.267. The van der Waals surface area contributed by atoms with Crippen LogP contribution in [0.15, 0.2) is 52.0 Å². The van der Waals surface area contributed by atoms with E-state index in [-0.39, 0.29) is 12.9 Å². The Morgan fingerprint density at radius 2 is 2.04 bits per heavy atom. The van der Waals surface area contributed by atoms with Gasteiger partial charge in [-0.3, -0.25) is 4.90 Å². The smallest absolute Gasteiger partial charge is 0.190 e. The Labute approximate surface area is 158 Å². The van der Waals surface area contributed by atoms with Crippen molar-refractivity contribution in [3.8, 4) is 0 Å². The van der Waals surface area contributed by atoms with Crippen LogP contribution in [0.25, 0.3) is 0 Å². The van der Waals surface area contributed by atoms with Crippen molar-refractivity contribution in [2.24, 2.45) is 5.92 Å². The molecule has 26 heavy (non-hydrogen) atoms. The number of nitrogens with zero attached hydrogens (tertiary/aromatic N) is 1. The van der Waals surface area contributed by atoms with Crippen LogP contribution in [0.4, 0.5) is 0 Å². The van der Waals surface area contributed by atoms with Gasteiger partial charge in [-0.2, -0.15) is 4.33 Å². The summed E-state index contributed by atoms with van der Waals surface area (Å²) in [5.41, 5.74) is 1.33. The molecule has 1 aromatic heterocycles. The minimum absolute atomic E-state index is 0.146. The molecule has 0 saturated carbocycles. The van der Waals surface area contributed by atoms with E-state index in [1.54, 1.807) is 7.11 Å². The third-order valence-corrected chi connectivity index (χ3v) is 5.01. The van der Waals surface area contributed by atoms with Crippen molar-refractivity contribution in [1.82, 2.24) is 4.90 Å². The fourth-order valence-electron chi connectivity index (χ4n) is 3.29. The number of hydrogen-bond donors (Lipinski definition) is 0. The Morgan fingerprint density at radius 1 is 1.19 bits per heavy atom. The summed E-state index contributed by atoms with van der Waals surface area (Å²) in [6.45, 7) is 3.19. The third-order valence-electron chi connectivity index (χ3n) is 4.42. The Morgan fingerprint density at radius 3 is 2.81 bits per heavy atom. The summed E-state index contributed by atoms with van der Waals surface area (Å²) in [5, 5.41) is 0.631. The number of likely N-dealkylation sites (tertiary alicyclic amines) is 1. The highest BCUT2D eigenvalue weighted by Gasteiger charge is 2.33. The van der Waals surface area contributed by atoms with Crippen molar-refractivity contribution in [3.05, 3.63) is 53.8 Å². The van der Waals surface area contributed by atoms with E-state index in [9.17, 15) is 0 Å². The average Bonchev–Trinajstić information content (AvgIpc) is 3.31. The van der Waals surface area contributed by atoms with Crippen LogP contribution < -0.4 is 0 Å². The maximum absolute atomic E-state index is 5.95. The summed E-state index contributed by atoms with van der Waals surface area (Å²) in [6.07, 6.45) is 0.909. The van der Waals surface area contributed by atoms with Crippen LogP contribution in [-0.4, -0.2) is 39.0 Å². The first kappa shape index (κ1) is 19.4. The molecular formula is C19H25NO5S. The monoisotopic (exact) mass is 379 g/mol. The molecule has 1 fully saturated rings. The first-order chi connectivity index (χ1) is 12.8. The summed E-state index contributed by atoms with van der Waals surface area (Å²) in [5.74, 6) is 1.14. The molecule has 142 valence electrons. The van der Waals surface area contributed by atoms with E-state index >= 15 is 0 Å². The molecule has 1 aliphatic heterocycles. The second-order valence-electron chi connectivity index (χ2n) is 6.24. The van der Waals surface area contributed by atoms with Gasteiger partial charge in [0.05, 0.1) is 7.11 Å². The maximum atomic E-state index is 5.95. The summed E-state index contributed by atoms with van der Waals surface area (Å²) in [4.78, 5) is 7.05. The highest BCUT2D eigenvalue weighted by molar-refractivity contribution is 7.94. The van der Waals surface area contributed by atoms with E-state index in [1.807, 2.05) is 18.2 Å². The van der Waals surface area contributed by atoms with Gasteiger partial charge in [-0.05, 0) is 30.7 Å². The fraction of sp³-hybridized carbons (Fsp3) is 0.474. The van der Waals surface area contributed by atoms with Crippen molar-refractivity contribution in [3.63, 3.8) is 0 Å². The van der Waals surface area contributed by atoms with Crippen LogP contribution in [0.1, 0.15) is 23.8 Å². The van der Waals surface area contributed by atoms with Gasteiger partial charge in [0.25, 0.3) is 0 Å². The van der Waals surface area contributed by atoms with Crippen molar-refractivity contribution >= 4 is 12.0 Å². The van der Waals surface area contributed by atoms with Crippen LogP contribution in [0.3, 0.4) is 0 Å². The van der Waals surface area contributed by atoms with Gasteiger partial charge in [0.1, 0.15) is 30.7 Å². The van der Waals surface area contributed by atoms with Gasteiger partial charge in [-0.25, -0.2) is 4.89 Å². The van der Waals surface area contributed by atoms with E-state index in [0.717, 1.165) is 43.9 Å². The lowest BCUT2D eigenvalue weighted by atomic mass is 9.99. The zero-order chi connectivity index (χ0) is 18.2. The molecular weight excluding hydrogens is 354 g/mol. The molecule has 0 amide bonds. The number of rotatable bonds is 10. The third kappa shape index (κ3) is 5.33. The minimum Gasteiger partial charge on any atom is -0.450 e. The van der Waals surface area contributed by atoms with Gasteiger partial charge in [0.2, 0.25) is 0 Å². The first-order valence-electron chi connectivity index (χ1n) is 8.64. The van der Waals surface area contributed by atoms with Crippen LogP contribution in [0, 0.1) is 5.92 Å². The van der Waals surface area contributed by atoms with Crippen molar-refractivity contribution in [2.45, 2.75) is 24.2 Å². The highest BCUT2D eigenvalue weighted by Crippen LogP contribution is 2.36. The zero-order valence-electron chi connectivity index (χ0n) is 15.1. The molecule has 2 unspecified atom stereocenters. The topological polar surface area (TPSA) is 53.3 Å². The lowest BCUT2D eigenvalue weighted by molar-refractivity contribution is -0.161. The Kier molecular flexibility index (Phi) is 7.55. The van der Waals surface area contributed by atoms with E-state index in [1.165, 1.54) is 12.7 Å². The largest absolute Gasteiger partial charge is 0.450 e. The molecule has 2 atom stereocenters. The predicted molar refractivity (Wildman–Crippen MR) is 98.2 cm³/mol. The van der Waals surface area contributed by atoms with Crippen molar-refractivity contribution < 1.29 is 23.1 Å². The molecule has 0 N–H and O–H groups in total. The molecule has 2 heterocycles. The second-order valence-corrected chi connectivity index (χ2v) is 6.94. The first-order valence-corrected chi connectivity index (χ1v) is 9.38. The average molecular weight is 379 g/mol. The van der Waals surface area contributed by atoms with Crippen LogP contribution in [0.5, 0.6) is 0 Å². The highest BCUT2D eigenvalue weighted by atomic mass is 32.2. The molecule has 0 bridgehead atoms. The lowest BCUT2D eigenvalue weighted by Gasteiger charge is -2.22.